The molecule has 0 saturated heterocycles. The number of carbonyl (C=O) groups is 1. The number of aliphatic hydroxyl groups excluding tert-OH is 1. The van der Waals surface area contributed by atoms with Gasteiger partial charge in [-0.05, 0) is 43.9 Å². The molecule has 0 heterocycles. The van der Waals surface area contributed by atoms with Crippen LogP contribution in [0.5, 0.6) is 5.75 Å². The van der Waals surface area contributed by atoms with Crippen molar-refractivity contribution in [2.75, 3.05) is 13.2 Å². The lowest BCUT2D eigenvalue weighted by Crippen LogP contribution is -2.21. The largest absolute Gasteiger partial charge is 0.493 e. The highest BCUT2D eigenvalue weighted by atomic mass is 35.5. The Morgan fingerprint density at radius 1 is 1.50 bits per heavy atom. The molecule has 0 amide bonds. The number of hydrogen-bond acceptors (Lipinski definition) is 4. The van der Waals surface area contributed by atoms with Crippen molar-refractivity contribution in [3.05, 3.63) is 28.8 Å². The average Bonchev–Trinajstić information content (AvgIpc) is 2.38. The molecule has 1 aliphatic rings. The third-order valence-corrected chi connectivity index (χ3v) is 3.71. The Morgan fingerprint density at radius 2 is 2.25 bits per heavy atom. The molecule has 1 saturated carbocycles. The lowest BCUT2D eigenvalue weighted by Gasteiger charge is -2.26. The summed E-state index contributed by atoms with van der Waals surface area (Å²) in [5.74, 6) is 0.364. The number of aliphatic hydroxyl groups is 1. The maximum absolute atomic E-state index is 11.6. The number of esters is 1. The molecular formula is C15H19ClO4. The summed E-state index contributed by atoms with van der Waals surface area (Å²) in [6.45, 7) is 2.51. The van der Waals surface area contributed by atoms with Crippen LogP contribution in [0, 0.1) is 5.92 Å². The minimum atomic E-state index is -1.37. The minimum absolute atomic E-state index is 0.217. The molecule has 20 heavy (non-hydrogen) atoms. The number of carbonyl (C=O) groups excluding carboxylic acids is 1. The van der Waals surface area contributed by atoms with Gasteiger partial charge in [-0.1, -0.05) is 18.0 Å². The van der Waals surface area contributed by atoms with E-state index in [0.29, 0.717) is 28.9 Å². The number of rotatable bonds is 6. The van der Waals surface area contributed by atoms with Crippen LogP contribution in [0.25, 0.3) is 0 Å². The van der Waals surface area contributed by atoms with E-state index in [0.717, 1.165) is 0 Å². The van der Waals surface area contributed by atoms with Crippen molar-refractivity contribution in [1.29, 1.82) is 0 Å². The first-order chi connectivity index (χ1) is 9.61. The van der Waals surface area contributed by atoms with Gasteiger partial charge in [0.1, 0.15) is 5.75 Å². The number of benzene rings is 1. The van der Waals surface area contributed by atoms with E-state index in [9.17, 15) is 9.90 Å². The van der Waals surface area contributed by atoms with Crippen molar-refractivity contribution < 1.29 is 19.4 Å². The van der Waals surface area contributed by atoms with E-state index in [1.54, 1.807) is 25.1 Å². The monoisotopic (exact) mass is 298 g/mol. The molecule has 1 aromatic rings. The molecule has 1 aromatic carbocycles. The van der Waals surface area contributed by atoms with Crippen LogP contribution < -0.4 is 4.74 Å². The second-order valence-electron chi connectivity index (χ2n) is 4.94. The van der Waals surface area contributed by atoms with Gasteiger partial charge < -0.3 is 14.6 Å². The zero-order valence-electron chi connectivity index (χ0n) is 11.5. The van der Waals surface area contributed by atoms with Crippen LogP contribution >= 0.6 is 11.6 Å². The second kappa shape index (κ2) is 6.95. The van der Waals surface area contributed by atoms with Gasteiger partial charge in [-0.2, -0.15) is 0 Å². The Labute approximate surface area is 123 Å². The summed E-state index contributed by atoms with van der Waals surface area (Å²) >= 11 is 5.93. The summed E-state index contributed by atoms with van der Waals surface area (Å²) in [5, 5.41) is 10.5. The standard InChI is InChI=1S/C15H19ClO4/c1-2-19-15(18)14(17)12-8-11(16)6-7-13(12)20-9-10-4-3-5-10/h6-8,10,14,17H,2-5,9H2,1H3. The van der Waals surface area contributed by atoms with Gasteiger partial charge in [-0.25, -0.2) is 4.79 Å². The van der Waals surface area contributed by atoms with Crippen molar-refractivity contribution in [2.24, 2.45) is 5.92 Å². The minimum Gasteiger partial charge on any atom is -0.493 e. The van der Waals surface area contributed by atoms with Crippen LogP contribution in [0.15, 0.2) is 18.2 Å². The maximum Gasteiger partial charge on any atom is 0.339 e. The number of halogens is 1. The van der Waals surface area contributed by atoms with Crippen molar-refractivity contribution >= 4 is 17.6 Å². The highest BCUT2D eigenvalue weighted by Crippen LogP contribution is 2.32. The summed E-state index contributed by atoms with van der Waals surface area (Å²) < 4.78 is 10.5. The molecule has 1 N–H and O–H groups in total. The Hall–Kier alpha value is -1.26. The van der Waals surface area contributed by atoms with E-state index in [1.807, 2.05) is 0 Å². The Balaban J connectivity index is 2.11. The van der Waals surface area contributed by atoms with Crippen LogP contribution in [0.1, 0.15) is 37.9 Å². The number of ether oxygens (including phenoxy) is 2. The van der Waals surface area contributed by atoms with E-state index in [2.05, 4.69) is 0 Å². The zero-order chi connectivity index (χ0) is 14.5. The van der Waals surface area contributed by atoms with Gasteiger partial charge in [-0.15, -0.1) is 0 Å². The first kappa shape index (κ1) is 15.1. The van der Waals surface area contributed by atoms with Gasteiger partial charge in [0.2, 0.25) is 0 Å². The van der Waals surface area contributed by atoms with Gasteiger partial charge in [0.05, 0.1) is 13.2 Å². The molecule has 4 nitrogen and oxygen atoms in total. The molecule has 1 fully saturated rings. The lowest BCUT2D eigenvalue weighted by molar-refractivity contribution is -0.153. The second-order valence-corrected chi connectivity index (χ2v) is 5.38. The number of hydrogen-bond donors (Lipinski definition) is 1. The highest BCUT2D eigenvalue weighted by Gasteiger charge is 2.24. The van der Waals surface area contributed by atoms with E-state index >= 15 is 0 Å². The molecule has 0 spiro atoms. The molecule has 0 aromatic heterocycles. The summed E-state index contributed by atoms with van der Waals surface area (Å²) in [6, 6.07) is 4.90. The third-order valence-electron chi connectivity index (χ3n) is 3.48. The predicted molar refractivity (Wildman–Crippen MR) is 75.9 cm³/mol. The highest BCUT2D eigenvalue weighted by molar-refractivity contribution is 6.30. The Kier molecular flexibility index (Phi) is 5.26. The average molecular weight is 299 g/mol. The van der Waals surface area contributed by atoms with Crippen molar-refractivity contribution in [1.82, 2.24) is 0 Å². The maximum atomic E-state index is 11.6. The molecule has 1 aliphatic carbocycles. The normalized spacial score (nSPS) is 16.4. The van der Waals surface area contributed by atoms with E-state index in [1.165, 1.54) is 19.3 Å². The molecule has 0 radical (unpaired) electrons. The Bertz CT molecular complexity index is 471. The molecule has 1 atom stereocenters. The fourth-order valence-corrected chi connectivity index (χ4v) is 2.26. The quantitative estimate of drug-likeness (QED) is 0.820. The zero-order valence-corrected chi connectivity index (χ0v) is 12.2. The molecule has 1 unspecified atom stereocenters. The van der Waals surface area contributed by atoms with Crippen LogP contribution in [0.4, 0.5) is 0 Å². The predicted octanol–water partition coefficient (Wildman–Crippen LogP) is 3.12. The van der Waals surface area contributed by atoms with Gasteiger partial charge in [0.25, 0.3) is 0 Å². The summed E-state index contributed by atoms with van der Waals surface area (Å²) in [7, 11) is 0. The van der Waals surface area contributed by atoms with Gasteiger partial charge in [-0.3, -0.25) is 0 Å². The van der Waals surface area contributed by atoms with Gasteiger partial charge in [0, 0.05) is 10.6 Å². The fraction of sp³-hybridized carbons (Fsp3) is 0.533. The van der Waals surface area contributed by atoms with Gasteiger partial charge >= 0.3 is 5.97 Å². The molecule has 5 heteroatoms. The van der Waals surface area contributed by atoms with Crippen LogP contribution in [0.3, 0.4) is 0 Å². The first-order valence-corrected chi connectivity index (χ1v) is 7.26. The summed E-state index contributed by atoms with van der Waals surface area (Å²) in [5.41, 5.74) is 0.357. The van der Waals surface area contributed by atoms with Crippen LogP contribution in [-0.4, -0.2) is 24.3 Å². The molecule has 0 bridgehead atoms. The van der Waals surface area contributed by atoms with Crippen molar-refractivity contribution in [3.8, 4) is 5.75 Å². The van der Waals surface area contributed by atoms with Crippen molar-refractivity contribution in [3.63, 3.8) is 0 Å². The Morgan fingerprint density at radius 3 is 2.85 bits per heavy atom. The molecule has 110 valence electrons. The molecular weight excluding hydrogens is 280 g/mol. The van der Waals surface area contributed by atoms with Crippen LogP contribution in [-0.2, 0) is 9.53 Å². The topological polar surface area (TPSA) is 55.8 Å². The SMILES string of the molecule is CCOC(=O)C(O)c1cc(Cl)ccc1OCC1CCC1. The van der Waals surface area contributed by atoms with E-state index in [-0.39, 0.29) is 6.61 Å². The smallest absolute Gasteiger partial charge is 0.339 e. The summed E-state index contributed by atoms with van der Waals surface area (Å²) in [4.78, 5) is 11.6. The molecule has 2 rings (SSSR count). The third kappa shape index (κ3) is 3.64. The van der Waals surface area contributed by atoms with Crippen molar-refractivity contribution in [2.45, 2.75) is 32.3 Å². The molecule has 0 aliphatic heterocycles. The fourth-order valence-electron chi connectivity index (χ4n) is 2.08. The van der Waals surface area contributed by atoms with E-state index < -0.39 is 12.1 Å². The van der Waals surface area contributed by atoms with Gasteiger partial charge in [0.15, 0.2) is 6.10 Å². The first-order valence-electron chi connectivity index (χ1n) is 6.88. The summed E-state index contributed by atoms with van der Waals surface area (Å²) in [6.07, 6.45) is 2.21. The van der Waals surface area contributed by atoms with E-state index in [4.69, 9.17) is 21.1 Å². The lowest BCUT2D eigenvalue weighted by atomic mass is 9.86. The van der Waals surface area contributed by atoms with Crippen LogP contribution in [0.2, 0.25) is 5.02 Å².